The first-order chi connectivity index (χ1) is 8.15. The van der Waals surface area contributed by atoms with Crippen LogP contribution in [0.1, 0.15) is 52.0 Å². The average molecular weight is 271 g/mol. The summed E-state index contributed by atoms with van der Waals surface area (Å²) in [6.45, 7) is 4.57. The van der Waals surface area contributed by atoms with Gasteiger partial charge in [0.1, 0.15) is 0 Å². The zero-order chi connectivity index (χ0) is 12.7. The first kappa shape index (κ1) is 17.2. The summed E-state index contributed by atoms with van der Waals surface area (Å²) in [4.78, 5) is 2.14. The highest BCUT2D eigenvalue weighted by Gasteiger charge is 2.11. The maximum atomic E-state index is 2.32. The van der Waals surface area contributed by atoms with E-state index in [-0.39, 0.29) is 12.4 Å². The fourth-order valence-electron chi connectivity index (χ4n) is 2.04. The van der Waals surface area contributed by atoms with Crippen LogP contribution in [0.2, 0.25) is 0 Å². The van der Waals surface area contributed by atoms with Crippen molar-refractivity contribution in [2.75, 3.05) is 19.0 Å². The second kappa shape index (κ2) is 9.21. The molecule has 3 heteroatoms. The normalized spacial score (nSPS) is 11.8. The van der Waals surface area contributed by atoms with E-state index in [4.69, 9.17) is 0 Å². The molecule has 0 spiro atoms. The highest BCUT2D eigenvalue weighted by molar-refractivity contribution is 5.41. The molecule has 1 rings (SSSR count). The van der Waals surface area contributed by atoms with Gasteiger partial charge in [-0.1, -0.05) is 26.2 Å². The topological polar surface area (TPSA) is 7.12 Å². The van der Waals surface area contributed by atoms with E-state index >= 15 is 0 Å². The van der Waals surface area contributed by atoms with E-state index in [1.165, 1.54) is 37.8 Å². The Labute approximate surface area is 118 Å². The van der Waals surface area contributed by atoms with Gasteiger partial charge in [-0.2, -0.15) is 0 Å². The van der Waals surface area contributed by atoms with Gasteiger partial charge in [-0.25, -0.2) is 4.57 Å². The highest BCUT2D eigenvalue weighted by Crippen LogP contribution is 2.12. The van der Waals surface area contributed by atoms with E-state index in [9.17, 15) is 0 Å². The second-order valence-electron chi connectivity index (χ2n) is 5.10. The van der Waals surface area contributed by atoms with Gasteiger partial charge >= 0.3 is 0 Å². The summed E-state index contributed by atoms with van der Waals surface area (Å²) in [7, 11) is 4.15. The molecule has 0 fully saturated rings. The van der Waals surface area contributed by atoms with Crippen LogP contribution < -0.4 is 21.9 Å². The van der Waals surface area contributed by atoms with E-state index in [1.54, 1.807) is 0 Å². The smallest absolute Gasteiger partial charge is 0.171 e. The van der Waals surface area contributed by atoms with Crippen LogP contribution >= 0.6 is 0 Å². The first-order valence-electron chi connectivity index (χ1n) is 6.83. The molecule has 1 aromatic heterocycles. The first-order valence-corrected chi connectivity index (χ1v) is 6.83. The molecule has 1 heterocycles. The predicted molar refractivity (Wildman–Crippen MR) is 74.4 cm³/mol. The van der Waals surface area contributed by atoms with Crippen LogP contribution in [0.4, 0.5) is 5.69 Å². The average Bonchev–Trinajstić information content (AvgIpc) is 2.34. The molecule has 0 aliphatic rings. The van der Waals surface area contributed by atoms with Crippen LogP contribution in [0.15, 0.2) is 24.5 Å². The van der Waals surface area contributed by atoms with E-state index in [2.05, 4.69) is 61.9 Å². The van der Waals surface area contributed by atoms with Gasteiger partial charge in [-0.05, 0) is 13.3 Å². The van der Waals surface area contributed by atoms with Crippen molar-refractivity contribution in [2.45, 2.75) is 52.0 Å². The standard InChI is InChI=1S/C15H27N2.ClH/c1-5-6-7-8-9-14(2)17-12-10-15(11-13-17)16(3)4;/h10-14H,5-9H2,1-4H3;1H/q+1;/p-1. The molecular weight excluding hydrogens is 244 g/mol. The molecule has 104 valence electrons. The summed E-state index contributed by atoms with van der Waals surface area (Å²) < 4.78 is 2.32. The van der Waals surface area contributed by atoms with Gasteiger partial charge in [-0.3, -0.25) is 0 Å². The highest BCUT2D eigenvalue weighted by atomic mass is 35.5. The lowest BCUT2D eigenvalue weighted by Crippen LogP contribution is -3.00. The Balaban J connectivity index is 0.00000289. The van der Waals surface area contributed by atoms with Gasteiger partial charge in [0.25, 0.3) is 0 Å². The van der Waals surface area contributed by atoms with Crippen LogP contribution in [0.25, 0.3) is 0 Å². The Hall–Kier alpha value is -0.760. The summed E-state index contributed by atoms with van der Waals surface area (Å²) in [5.74, 6) is 0. The molecule has 0 radical (unpaired) electrons. The minimum Gasteiger partial charge on any atom is -1.00 e. The van der Waals surface area contributed by atoms with E-state index in [0.29, 0.717) is 6.04 Å². The van der Waals surface area contributed by atoms with Crippen LogP contribution in [0.5, 0.6) is 0 Å². The second-order valence-corrected chi connectivity index (χ2v) is 5.10. The summed E-state index contributed by atoms with van der Waals surface area (Å²) >= 11 is 0. The van der Waals surface area contributed by atoms with E-state index < -0.39 is 0 Å². The van der Waals surface area contributed by atoms with Crippen LogP contribution in [0.3, 0.4) is 0 Å². The van der Waals surface area contributed by atoms with Crippen molar-refractivity contribution in [1.29, 1.82) is 0 Å². The third-order valence-corrected chi connectivity index (χ3v) is 3.34. The number of pyridine rings is 1. The van der Waals surface area contributed by atoms with Gasteiger partial charge in [0.2, 0.25) is 0 Å². The molecule has 0 saturated carbocycles. The molecule has 0 bridgehead atoms. The predicted octanol–water partition coefficient (Wildman–Crippen LogP) is 0.576. The van der Waals surface area contributed by atoms with Crippen molar-refractivity contribution in [2.24, 2.45) is 0 Å². The minimum atomic E-state index is 0. The van der Waals surface area contributed by atoms with Gasteiger partial charge in [0.15, 0.2) is 18.4 Å². The molecule has 0 amide bonds. The largest absolute Gasteiger partial charge is 1.00 e. The summed E-state index contributed by atoms with van der Waals surface area (Å²) in [5.41, 5.74) is 1.26. The number of rotatable bonds is 7. The molecule has 18 heavy (non-hydrogen) atoms. The molecule has 0 saturated heterocycles. The fourth-order valence-corrected chi connectivity index (χ4v) is 2.04. The zero-order valence-corrected chi connectivity index (χ0v) is 13.0. The van der Waals surface area contributed by atoms with Crippen molar-refractivity contribution < 1.29 is 17.0 Å². The monoisotopic (exact) mass is 270 g/mol. The van der Waals surface area contributed by atoms with Crippen molar-refractivity contribution >= 4 is 5.69 Å². The third kappa shape index (κ3) is 5.72. The molecule has 1 atom stereocenters. The molecular formula is C15H27ClN2. The Morgan fingerprint density at radius 2 is 1.72 bits per heavy atom. The maximum Gasteiger partial charge on any atom is 0.171 e. The van der Waals surface area contributed by atoms with Gasteiger partial charge in [-0.15, -0.1) is 0 Å². The number of hydrogen-bond acceptors (Lipinski definition) is 1. The molecule has 1 unspecified atom stereocenters. The molecule has 2 nitrogen and oxygen atoms in total. The molecule has 0 N–H and O–H groups in total. The van der Waals surface area contributed by atoms with Crippen molar-refractivity contribution in [3.8, 4) is 0 Å². The SMILES string of the molecule is CCCCCCC(C)[n+]1ccc(N(C)C)cc1.[Cl-]. The lowest BCUT2D eigenvalue weighted by Gasteiger charge is -2.12. The number of aromatic nitrogens is 1. The van der Waals surface area contributed by atoms with Crippen molar-refractivity contribution in [3.05, 3.63) is 24.5 Å². The molecule has 0 aliphatic heterocycles. The van der Waals surface area contributed by atoms with Crippen molar-refractivity contribution in [3.63, 3.8) is 0 Å². The summed E-state index contributed by atoms with van der Waals surface area (Å²) in [6.07, 6.45) is 11.1. The number of nitrogens with zero attached hydrogens (tertiary/aromatic N) is 2. The Morgan fingerprint density at radius 1 is 1.11 bits per heavy atom. The van der Waals surface area contributed by atoms with E-state index in [1.807, 2.05) is 0 Å². The Bertz CT molecular complexity index is 309. The minimum absolute atomic E-state index is 0. The number of anilines is 1. The van der Waals surface area contributed by atoms with Crippen molar-refractivity contribution in [1.82, 2.24) is 0 Å². The fraction of sp³-hybridized carbons (Fsp3) is 0.667. The van der Waals surface area contributed by atoms with Crippen LogP contribution in [-0.2, 0) is 0 Å². The lowest BCUT2D eigenvalue weighted by atomic mass is 10.1. The lowest BCUT2D eigenvalue weighted by molar-refractivity contribution is -0.720. The molecule has 0 aromatic carbocycles. The Morgan fingerprint density at radius 3 is 2.22 bits per heavy atom. The number of unbranched alkanes of at least 4 members (excludes halogenated alkanes) is 3. The van der Waals surface area contributed by atoms with Gasteiger partial charge in [0.05, 0.1) is 0 Å². The Kier molecular flexibility index (Phi) is 8.82. The number of halogens is 1. The van der Waals surface area contributed by atoms with Gasteiger partial charge in [0, 0.05) is 38.3 Å². The summed E-state index contributed by atoms with van der Waals surface area (Å²) in [6, 6.07) is 4.98. The van der Waals surface area contributed by atoms with Crippen LogP contribution in [0, 0.1) is 0 Å². The van der Waals surface area contributed by atoms with Gasteiger partial charge < -0.3 is 17.3 Å². The quantitative estimate of drug-likeness (QED) is 0.519. The molecule has 1 aromatic rings. The summed E-state index contributed by atoms with van der Waals surface area (Å²) in [5, 5.41) is 0. The zero-order valence-electron chi connectivity index (χ0n) is 12.2. The van der Waals surface area contributed by atoms with E-state index in [0.717, 1.165) is 0 Å². The third-order valence-electron chi connectivity index (χ3n) is 3.34. The number of hydrogen-bond donors (Lipinski definition) is 0. The molecule has 0 aliphatic carbocycles. The maximum absolute atomic E-state index is 2.32. The van der Waals surface area contributed by atoms with Crippen LogP contribution in [-0.4, -0.2) is 14.1 Å².